The number of H-pyrrole nitrogens is 1. The summed E-state index contributed by atoms with van der Waals surface area (Å²) in [5, 5.41) is 4.21. The summed E-state index contributed by atoms with van der Waals surface area (Å²) in [6, 6.07) is 14.6. The van der Waals surface area contributed by atoms with Crippen LogP contribution in [-0.4, -0.2) is 27.1 Å². The van der Waals surface area contributed by atoms with Gasteiger partial charge in [0.1, 0.15) is 0 Å². The van der Waals surface area contributed by atoms with Crippen LogP contribution in [0.1, 0.15) is 46.1 Å². The molecule has 0 unspecified atom stereocenters. The average Bonchev–Trinajstić information content (AvgIpc) is 2.76. The maximum absolute atomic E-state index is 13.6. The minimum absolute atomic E-state index is 0.00113. The molecule has 8 heteroatoms. The fourth-order valence-corrected chi connectivity index (χ4v) is 5.63. The summed E-state index contributed by atoms with van der Waals surface area (Å²) in [4.78, 5) is 13.2. The van der Waals surface area contributed by atoms with E-state index in [4.69, 9.17) is 15.7 Å². The molecule has 0 saturated carbocycles. The molecule has 2 aromatic carbocycles. The van der Waals surface area contributed by atoms with Crippen molar-refractivity contribution in [1.82, 2.24) is 15.3 Å². The van der Waals surface area contributed by atoms with Crippen molar-refractivity contribution in [1.29, 1.82) is 0 Å². The average molecular weight is 494 g/mol. The molecule has 3 aliphatic rings. The Hall–Kier alpha value is -3.39. The quantitative estimate of drug-likeness (QED) is 0.232. The maximum Gasteiger partial charge on any atom is 0.416 e. The molecule has 0 spiro atoms. The molecule has 1 saturated heterocycles. The van der Waals surface area contributed by atoms with Crippen molar-refractivity contribution in [2.45, 2.75) is 63.8 Å². The predicted octanol–water partition coefficient (Wildman–Crippen LogP) is 6.15. The number of alkyl halides is 3. The number of piperidine rings is 1. The minimum atomic E-state index is -4.47. The first-order valence-electron chi connectivity index (χ1n) is 12.0. The van der Waals surface area contributed by atoms with Gasteiger partial charge < -0.3 is 16.0 Å². The lowest BCUT2D eigenvalue weighted by Crippen LogP contribution is -2.59. The summed E-state index contributed by atoms with van der Waals surface area (Å²) in [7, 11) is 0. The highest BCUT2D eigenvalue weighted by Crippen LogP contribution is 2.38. The number of aromatic amines is 1. The zero-order valence-corrected chi connectivity index (χ0v) is 20.8. The van der Waals surface area contributed by atoms with Gasteiger partial charge in [-0.25, -0.2) is 4.98 Å². The number of nitrogen functional groups attached to an aromatic ring is 1. The van der Waals surface area contributed by atoms with Gasteiger partial charge in [-0.1, -0.05) is 24.3 Å². The number of fused-ring (bicyclic) bond motifs is 2. The minimum Gasteiger partial charge on any atom is -0.396 e. The Bertz CT molecular complexity index is 1470. The predicted molar refractivity (Wildman–Crippen MR) is 137 cm³/mol. The molecule has 0 aromatic heterocycles. The largest absolute Gasteiger partial charge is 0.416 e. The Labute approximate surface area is 208 Å². The molecule has 1 aliphatic carbocycles. The second-order valence-corrected chi connectivity index (χ2v) is 11.0. The number of halogens is 3. The maximum atomic E-state index is 13.6. The molecule has 2 heterocycles. The molecule has 0 bridgehead atoms. The van der Waals surface area contributed by atoms with E-state index in [9.17, 15) is 13.2 Å². The van der Waals surface area contributed by atoms with E-state index in [1.807, 2.05) is 30.3 Å². The number of nitrogens with one attached hydrogen (secondary N) is 2. The normalized spacial score (nSPS) is 18.7. The summed E-state index contributed by atoms with van der Waals surface area (Å²) in [6.45, 7) is 8.60. The third-order valence-corrected chi connectivity index (χ3v) is 6.69. The number of anilines is 1. The van der Waals surface area contributed by atoms with Gasteiger partial charge >= 0.3 is 6.18 Å². The van der Waals surface area contributed by atoms with Crippen molar-refractivity contribution in [3.63, 3.8) is 0 Å². The van der Waals surface area contributed by atoms with E-state index in [1.54, 1.807) is 6.07 Å². The van der Waals surface area contributed by atoms with Gasteiger partial charge in [0, 0.05) is 16.6 Å². The van der Waals surface area contributed by atoms with Crippen LogP contribution in [0.2, 0.25) is 0 Å². The van der Waals surface area contributed by atoms with Crippen LogP contribution in [0, 0.1) is 0 Å². The first-order chi connectivity index (χ1) is 16.8. The van der Waals surface area contributed by atoms with Gasteiger partial charge in [-0.05, 0) is 76.4 Å². The fraction of sp³-hybridized carbons (Fsp3) is 0.357. The van der Waals surface area contributed by atoms with Crippen molar-refractivity contribution < 1.29 is 13.2 Å². The van der Waals surface area contributed by atoms with E-state index in [-0.39, 0.29) is 17.1 Å². The van der Waals surface area contributed by atoms with E-state index in [2.05, 4.69) is 38.0 Å². The molecule has 2 aliphatic heterocycles. The number of nitrogens with zero attached hydrogens (tertiary/aromatic N) is 2. The summed E-state index contributed by atoms with van der Waals surface area (Å²) < 4.78 is 40.7. The van der Waals surface area contributed by atoms with Crippen molar-refractivity contribution in [2.75, 3.05) is 5.73 Å². The van der Waals surface area contributed by atoms with Crippen LogP contribution in [-0.2, 0) is 6.18 Å². The smallest absolute Gasteiger partial charge is 0.396 e. The van der Waals surface area contributed by atoms with E-state index in [0.29, 0.717) is 39.1 Å². The summed E-state index contributed by atoms with van der Waals surface area (Å²) >= 11 is 0. The lowest BCUT2D eigenvalue weighted by Gasteiger charge is -2.45. The van der Waals surface area contributed by atoms with Gasteiger partial charge in [0.15, 0.2) is 0 Å². The number of benzene rings is 3. The zero-order chi connectivity index (χ0) is 25.9. The number of nitrogens with two attached hydrogens (primary N) is 1. The molecule has 5 rings (SSSR count). The van der Waals surface area contributed by atoms with Crippen LogP contribution in [0.25, 0.3) is 33.5 Å². The molecule has 5 nitrogen and oxygen atoms in total. The number of rotatable bonds is 2. The number of hydrogen-bond donors (Lipinski definition) is 3. The van der Waals surface area contributed by atoms with E-state index < -0.39 is 11.7 Å². The van der Waals surface area contributed by atoms with E-state index >= 15 is 0 Å². The Morgan fingerprint density at radius 3 is 2.36 bits per heavy atom. The van der Waals surface area contributed by atoms with Crippen LogP contribution < -0.4 is 16.4 Å². The standard InChI is InChI=1S/C28H30F3N5/c1-26(2)14-18(15-27(3,4)36-26)33-21-13-22-25(35-20-11-6-5-10-19(20)34-22)23(24(21)32)16-8-7-9-17(12-16)28(29,30)31/h5-13,18,34,36H,14-15,32H2,1-4H3. The number of para-hydroxylation sites is 2. The molecule has 36 heavy (non-hydrogen) atoms. The lowest BCUT2D eigenvalue weighted by molar-refractivity contribution is -0.137. The molecule has 0 atom stereocenters. The highest BCUT2D eigenvalue weighted by Gasteiger charge is 2.37. The summed E-state index contributed by atoms with van der Waals surface area (Å²) in [5.41, 5.74) is 9.55. The number of aromatic nitrogens is 2. The van der Waals surface area contributed by atoms with E-state index in [0.717, 1.165) is 30.5 Å². The fourth-order valence-electron chi connectivity index (χ4n) is 5.63. The first kappa shape index (κ1) is 24.3. The van der Waals surface area contributed by atoms with Crippen molar-refractivity contribution in [2.24, 2.45) is 4.99 Å². The first-order valence-corrected chi connectivity index (χ1v) is 12.0. The summed E-state index contributed by atoms with van der Waals surface area (Å²) in [5.74, 6) is 0. The van der Waals surface area contributed by atoms with Gasteiger partial charge in [-0.3, -0.25) is 4.99 Å². The molecule has 0 radical (unpaired) electrons. The lowest BCUT2D eigenvalue weighted by atomic mass is 9.80. The van der Waals surface area contributed by atoms with Gasteiger partial charge in [-0.2, -0.15) is 13.2 Å². The molecule has 1 fully saturated rings. The SMILES string of the molecule is CC1(C)CC(N=c2cc3[nH]c4ccccc4nc-3c(-c3cccc(C(F)(F)F)c3)c2N)CC(C)(C)N1. The zero-order valence-electron chi connectivity index (χ0n) is 20.8. The second kappa shape index (κ2) is 8.34. The Morgan fingerprint density at radius 1 is 0.972 bits per heavy atom. The van der Waals surface area contributed by atoms with Crippen LogP contribution in [0.4, 0.5) is 18.9 Å². The van der Waals surface area contributed by atoms with Crippen molar-refractivity contribution in [3.8, 4) is 22.5 Å². The van der Waals surface area contributed by atoms with E-state index in [1.165, 1.54) is 6.07 Å². The van der Waals surface area contributed by atoms with Crippen LogP contribution >= 0.6 is 0 Å². The third kappa shape index (κ3) is 4.69. The monoisotopic (exact) mass is 493 g/mol. The van der Waals surface area contributed by atoms with Gasteiger partial charge in [0.05, 0.1) is 45.1 Å². The van der Waals surface area contributed by atoms with Gasteiger partial charge in [-0.15, -0.1) is 0 Å². The van der Waals surface area contributed by atoms with Gasteiger partial charge in [0.25, 0.3) is 0 Å². The molecular formula is C28H30F3N5. The van der Waals surface area contributed by atoms with Crippen LogP contribution in [0.15, 0.2) is 59.6 Å². The van der Waals surface area contributed by atoms with Crippen molar-refractivity contribution >= 4 is 16.7 Å². The third-order valence-electron chi connectivity index (χ3n) is 6.69. The topological polar surface area (TPSA) is 79.1 Å². The summed E-state index contributed by atoms with van der Waals surface area (Å²) in [6.07, 6.45) is -2.85. The molecule has 4 N–H and O–H groups in total. The van der Waals surface area contributed by atoms with Gasteiger partial charge in [0.2, 0.25) is 0 Å². The molecular weight excluding hydrogens is 463 g/mol. The number of hydrogen-bond acceptors (Lipinski definition) is 4. The second-order valence-electron chi connectivity index (χ2n) is 11.0. The van der Waals surface area contributed by atoms with Crippen LogP contribution in [0.5, 0.6) is 0 Å². The Kier molecular flexibility index (Phi) is 5.63. The highest BCUT2D eigenvalue weighted by atomic mass is 19.4. The van der Waals surface area contributed by atoms with Crippen LogP contribution in [0.3, 0.4) is 0 Å². The Morgan fingerprint density at radius 2 is 1.67 bits per heavy atom. The highest BCUT2D eigenvalue weighted by molar-refractivity contribution is 5.92. The van der Waals surface area contributed by atoms with Crippen molar-refractivity contribution in [3.05, 3.63) is 65.5 Å². The molecule has 0 amide bonds. The Balaban J connectivity index is 1.78. The molecule has 2 aromatic rings. The molecule has 188 valence electrons.